The van der Waals surface area contributed by atoms with E-state index in [1.165, 1.54) is 11.1 Å². The number of likely N-dealkylation sites (tertiary alicyclic amines) is 1. The van der Waals surface area contributed by atoms with Crippen molar-refractivity contribution in [3.05, 3.63) is 35.4 Å². The van der Waals surface area contributed by atoms with E-state index < -0.39 is 0 Å². The zero-order valence-corrected chi connectivity index (χ0v) is 12.5. The van der Waals surface area contributed by atoms with Gasteiger partial charge in [-0.2, -0.15) is 0 Å². The normalized spacial score (nSPS) is 18.2. The van der Waals surface area contributed by atoms with Gasteiger partial charge < -0.3 is 10.2 Å². The minimum atomic E-state index is 0. The lowest BCUT2D eigenvalue weighted by Gasteiger charge is -2.26. The van der Waals surface area contributed by atoms with Crippen LogP contribution < -0.4 is 5.32 Å². The van der Waals surface area contributed by atoms with E-state index in [9.17, 15) is 4.79 Å². The summed E-state index contributed by atoms with van der Waals surface area (Å²) in [5.74, 6) is 0.273. The maximum atomic E-state index is 12.2. The van der Waals surface area contributed by atoms with Crippen LogP contribution in [0.4, 0.5) is 0 Å². The molecule has 1 aromatic rings. The molecule has 1 amide bonds. The van der Waals surface area contributed by atoms with Crippen molar-refractivity contribution in [1.29, 1.82) is 0 Å². The number of nitrogens with one attached hydrogen (secondary N) is 1. The highest BCUT2D eigenvalue weighted by Gasteiger charge is 2.29. The third-order valence-corrected chi connectivity index (χ3v) is 3.71. The maximum Gasteiger partial charge on any atom is 0.224 e. The number of nitrogens with zero attached hydrogens (tertiary/aromatic N) is 1. The Morgan fingerprint density at radius 1 is 1.42 bits per heavy atom. The SMILES string of the molecule is CNCCC(=O)N1CCCC1c1ccccc1C.Cl. The molecule has 1 aliphatic rings. The number of halogens is 1. The van der Waals surface area contributed by atoms with Crippen LogP contribution in [0.2, 0.25) is 0 Å². The van der Waals surface area contributed by atoms with Gasteiger partial charge >= 0.3 is 0 Å². The molecule has 0 radical (unpaired) electrons. The van der Waals surface area contributed by atoms with Gasteiger partial charge in [-0.25, -0.2) is 0 Å². The summed E-state index contributed by atoms with van der Waals surface area (Å²) in [4.78, 5) is 14.2. The van der Waals surface area contributed by atoms with Crippen molar-refractivity contribution in [3.8, 4) is 0 Å². The van der Waals surface area contributed by atoms with Crippen molar-refractivity contribution >= 4 is 18.3 Å². The molecule has 1 heterocycles. The van der Waals surface area contributed by atoms with Crippen molar-refractivity contribution in [2.45, 2.75) is 32.2 Å². The van der Waals surface area contributed by atoms with Gasteiger partial charge in [-0.05, 0) is 37.9 Å². The first-order valence-corrected chi connectivity index (χ1v) is 6.73. The average Bonchev–Trinajstić information content (AvgIpc) is 2.85. The first-order chi connectivity index (χ1) is 8.74. The second kappa shape index (κ2) is 7.51. The van der Waals surface area contributed by atoms with Crippen LogP contribution in [0.25, 0.3) is 0 Å². The van der Waals surface area contributed by atoms with Gasteiger partial charge in [0.1, 0.15) is 0 Å². The van der Waals surface area contributed by atoms with Gasteiger partial charge in [0.15, 0.2) is 0 Å². The van der Waals surface area contributed by atoms with E-state index in [-0.39, 0.29) is 24.4 Å². The lowest BCUT2D eigenvalue weighted by atomic mass is 9.99. The summed E-state index contributed by atoms with van der Waals surface area (Å²) < 4.78 is 0. The van der Waals surface area contributed by atoms with Gasteiger partial charge in [-0.15, -0.1) is 12.4 Å². The molecule has 1 atom stereocenters. The van der Waals surface area contributed by atoms with Gasteiger partial charge in [0.2, 0.25) is 5.91 Å². The molecule has 106 valence electrons. The second-order valence-electron chi connectivity index (χ2n) is 4.96. The molecular weight excluding hydrogens is 260 g/mol. The van der Waals surface area contributed by atoms with Crippen molar-refractivity contribution in [2.75, 3.05) is 20.1 Å². The van der Waals surface area contributed by atoms with E-state index in [2.05, 4.69) is 41.4 Å². The first-order valence-electron chi connectivity index (χ1n) is 6.73. The number of rotatable bonds is 4. The van der Waals surface area contributed by atoms with E-state index in [0.717, 1.165) is 25.9 Å². The smallest absolute Gasteiger partial charge is 0.224 e. The molecule has 0 spiro atoms. The molecule has 2 rings (SSSR count). The Hall–Kier alpha value is -1.06. The Morgan fingerprint density at radius 3 is 2.84 bits per heavy atom. The molecule has 1 N–H and O–H groups in total. The molecular formula is C15H23ClN2O. The first kappa shape index (κ1) is 16.0. The lowest BCUT2D eigenvalue weighted by molar-refractivity contribution is -0.132. The van der Waals surface area contributed by atoms with Crippen molar-refractivity contribution < 1.29 is 4.79 Å². The number of carbonyl (C=O) groups is 1. The average molecular weight is 283 g/mol. The van der Waals surface area contributed by atoms with Gasteiger partial charge in [0.25, 0.3) is 0 Å². The Labute approximate surface area is 121 Å². The zero-order valence-electron chi connectivity index (χ0n) is 11.7. The highest BCUT2D eigenvalue weighted by molar-refractivity contribution is 5.85. The number of benzene rings is 1. The predicted octanol–water partition coefficient (Wildman–Crippen LogP) is 2.69. The molecule has 4 heteroatoms. The fourth-order valence-electron chi connectivity index (χ4n) is 2.72. The van der Waals surface area contributed by atoms with Crippen LogP contribution in [-0.4, -0.2) is 30.9 Å². The van der Waals surface area contributed by atoms with E-state index >= 15 is 0 Å². The van der Waals surface area contributed by atoms with Gasteiger partial charge in [-0.1, -0.05) is 24.3 Å². The minimum absolute atomic E-state index is 0. The Balaban J connectivity index is 0.00000180. The standard InChI is InChI=1S/C15H22N2O.ClH/c1-12-6-3-4-7-13(12)14-8-5-11-17(14)15(18)9-10-16-2;/h3-4,6-7,14,16H,5,8-11H2,1-2H3;1H. The third-order valence-electron chi connectivity index (χ3n) is 3.71. The Bertz CT molecular complexity index is 422. The zero-order chi connectivity index (χ0) is 13.0. The van der Waals surface area contributed by atoms with Crippen molar-refractivity contribution in [3.63, 3.8) is 0 Å². The van der Waals surface area contributed by atoms with Crippen LogP contribution >= 0.6 is 12.4 Å². The van der Waals surface area contributed by atoms with Crippen LogP contribution in [0.3, 0.4) is 0 Å². The number of amides is 1. The predicted molar refractivity (Wildman–Crippen MR) is 80.7 cm³/mol. The molecule has 19 heavy (non-hydrogen) atoms. The Kier molecular flexibility index (Phi) is 6.32. The van der Waals surface area contributed by atoms with Crippen LogP contribution in [0.5, 0.6) is 0 Å². The molecule has 0 saturated carbocycles. The van der Waals surface area contributed by atoms with Crippen LogP contribution in [0, 0.1) is 6.92 Å². The summed E-state index contributed by atoms with van der Waals surface area (Å²) in [5, 5.41) is 3.04. The largest absolute Gasteiger partial charge is 0.336 e. The molecule has 0 bridgehead atoms. The highest BCUT2D eigenvalue weighted by atomic mass is 35.5. The molecule has 3 nitrogen and oxygen atoms in total. The summed E-state index contributed by atoms with van der Waals surface area (Å²) in [6.07, 6.45) is 2.80. The summed E-state index contributed by atoms with van der Waals surface area (Å²) >= 11 is 0. The molecule has 0 aromatic heterocycles. The topological polar surface area (TPSA) is 32.3 Å². The lowest BCUT2D eigenvalue weighted by Crippen LogP contribution is -2.32. The monoisotopic (exact) mass is 282 g/mol. The van der Waals surface area contributed by atoms with E-state index in [1.54, 1.807) is 0 Å². The summed E-state index contributed by atoms with van der Waals surface area (Å²) in [7, 11) is 1.89. The summed E-state index contributed by atoms with van der Waals surface area (Å²) in [6, 6.07) is 8.70. The molecule has 1 aliphatic heterocycles. The number of carbonyl (C=O) groups excluding carboxylic acids is 1. The molecule has 1 unspecified atom stereocenters. The molecule has 1 aromatic carbocycles. The van der Waals surface area contributed by atoms with Gasteiger partial charge in [-0.3, -0.25) is 4.79 Å². The third kappa shape index (κ3) is 3.71. The van der Waals surface area contributed by atoms with Gasteiger partial charge in [0, 0.05) is 19.5 Å². The number of aryl methyl sites for hydroxylation is 1. The number of hydrogen-bond acceptors (Lipinski definition) is 2. The highest BCUT2D eigenvalue weighted by Crippen LogP contribution is 2.33. The maximum absolute atomic E-state index is 12.2. The van der Waals surface area contributed by atoms with E-state index in [0.29, 0.717) is 6.42 Å². The molecule has 1 saturated heterocycles. The summed E-state index contributed by atoms with van der Waals surface area (Å²) in [6.45, 7) is 3.79. The summed E-state index contributed by atoms with van der Waals surface area (Å²) in [5.41, 5.74) is 2.60. The van der Waals surface area contributed by atoms with E-state index in [1.807, 2.05) is 7.05 Å². The fraction of sp³-hybridized carbons (Fsp3) is 0.533. The van der Waals surface area contributed by atoms with Crippen LogP contribution in [0.1, 0.15) is 36.4 Å². The number of hydrogen-bond donors (Lipinski definition) is 1. The van der Waals surface area contributed by atoms with Crippen LogP contribution in [-0.2, 0) is 4.79 Å². The molecule has 1 fully saturated rings. The minimum Gasteiger partial charge on any atom is -0.336 e. The fourth-order valence-corrected chi connectivity index (χ4v) is 2.72. The molecule has 0 aliphatic carbocycles. The Morgan fingerprint density at radius 2 is 2.16 bits per heavy atom. The van der Waals surface area contributed by atoms with Gasteiger partial charge in [0.05, 0.1) is 6.04 Å². The van der Waals surface area contributed by atoms with E-state index in [4.69, 9.17) is 0 Å². The van der Waals surface area contributed by atoms with Crippen molar-refractivity contribution in [2.24, 2.45) is 0 Å². The quantitative estimate of drug-likeness (QED) is 0.921. The second-order valence-corrected chi connectivity index (χ2v) is 4.96. The van der Waals surface area contributed by atoms with Crippen LogP contribution in [0.15, 0.2) is 24.3 Å². The van der Waals surface area contributed by atoms with Crippen molar-refractivity contribution in [1.82, 2.24) is 10.2 Å².